The fourth-order valence-electron chi connectivity index (χ4n) is 4.68. The molecule has 3 aromatic heterocycles. The summed E-state index contributed by atoms with van der Waals surface area (Å²) in [5.41, 5.74) is 0.787. The van der Waals surface area contributed by atoms with Gasteiger partial charge < -0.3 is 30.4 Å². The lowest BCUT2D eigenvalue weighted by Crippen LogP contribution is -2.41. The molecule has 10 heteroatoms. The van der Waals surface area contributed by atoms with E-state index in [-0.39, 0.29) is 11.8 Å². The van der Waals surface area contributed by atoms with Crippen LogP contribution in [0.2, 0.25) is 0 Å². The zero-order valence-electron chi connectivity index (χ0n) is 16.4. The van der Waals surface area contributed by atoms with E-state index < -0.39 is 23.7 Å². The van der Waals surface area contributed by atoms with E-state index in [0.29, 0.717) is 29.2 Å². The Morgan fingerprint density at radius 1 is 1.33 bits per heavy atom. The highest BCUT2D eigenvalue weighted by Gasteiger charge is 2.75. The van der Waals surface area contributed by atoms with E-state index in [0.717, 1.165) is 5.69 Å². The summed E-state index contributed by atoms with van der Waals surface area (Å²) in [4.78, 5) is 28.8. The van der Waals surface area contributed by atoms with Crippen LogP contribution < -0.4 is 10.6 Å². The average Bonchev–Trinajstić information content (AvgIpc) is 3.06. The van der Waals surface area contributed by atoms with Crippen molar-refractivity contribution in [3.8, 4) is 11.8 Å². The molecule has 1 amide bonds. The number of aliphatic hydroxyl groups excluding tert-OH is 2. The number of imidazole rings is 1. The highest BCUT2D eigenvalue weighted by molar-refractivity contribution is 5.88. The molecular weight excluding hydrogens is 386 g/mol. The van der Waals surface area contributed by atoms with Gasteiger partial charge in [-0.3, -0.25) is 4.79 Å². The molecule has 154 valence electrons. The van der Waals surface area contributed by atoms with Crippen molar-refractivity contribution in [1.82, 2.24) is 29.8 Å². The molecule has 0 spiro atoms. The standard InChI is InChI=1S/C20H21N7O3/c1-21-17-13-18(26-12(25-17)6-5-10-4-3-7-23-10)27(9-24-13)14-11-8-20(11,19(30)22-2)16(29)15(14)28/h3-4,7,9,11,14-16,23,28-29H,8H2,1-2H3,(H,22,30)(H,21,25,26)/t11?,14-,15?,16+,20-/m1/s1. The van der Waals surface area contributed by atoms with E-state index >= 15 is 0 Å². The summed E-state index contributed by atoms with van der Waals surface area (Å²) in [6.45, 7) is 0. The molecule has 0 bridgehead atoms. The zero-order valence-corrected chi connectivity index (χ0v) is 16.4. The molecule has 0 aromatic carbocycles. The Hall–Kier alpha value is -3.42. The quantitative estimate of drug-likeness (QED) is 0.373. The van der Waals surface area contributed by atoms with Crippen LogP contribution in [0.5, 0.6) is 0 Å². The van der Waals surface area contributed by atoms with Gasteiger partial charge in [0.1, 0.15) is 6.10 Å². The first-order valence-electron chi connectivity index (χ1n) is 9.67. The summed E-state index contributed by atoms with van der Waals surface area (Å²) in [6, 6.07) is 3.17. The van der Waals surface area contributed by atoms with Crippen molar-refractivity contribution in [3.63, 3.8) is 0 Å². The maximum atomic E-state index is 12.4. The Kier molecular flexibility index (Phi) is 4.06. The van der Waals surface area contributed by atoms with Crippen LogP contribution in [-0.4, -0.2) is 66.9 Å². The SMILES string of the molecule is CNC(=O)[C@]12CC1[C@@H](n1cnc3c(NC)nc(C#Cc4ccc[nH]4)nc31)C(O)[C@@H]2O. The summed E-state index contributed by atoms with van der Waals surface area (Å²) in [5, 5.41) is 27.0. The summed E-state index contributed by atoms with van der Waals surface area (Å²) < 4.78 is 1.73. The maximum Gasteiger partial charge on any atom is 0.229 e. The second-order valence-corrected chi connectivity index (χ2v) is 7.66. The summed E-state index contributed by atoms with van der Waals surface area (Å²) in [7, 11) is 3.27. The number of rotatable bonds is 3. The number of aromatic nitrogens is 5. The number of carbonyl (C=O) groups is 1. The minimum Gasteiger partial charge on any atom is -0.389 e. The predicted molar refractivity (Wildman–Crippen MR) is 107 cm³/mol. The molecule has 5 rings (SSSR count). The van der Waals surface area contributed by atoms with Crippen molar-refractivity contribution in [2.24, 2.45) is 11.3 Å². The van der Waals surface area contributed by atoms with Crippen molar-refractivity contribution >= 4 is 22.9 Å². The normalized spacial score (nSPS) is 29.2. The van der Waals surface area contributed by atoms with E-state index in [1.54, 1.807) is 24.1 Å². The largest absolute Gasteiger partial charge is 0.389 e. The first kappa shape index (κ1) is 18.6. The molecule has 10 nitrogen and oxygen atoms in total. The van der Waals surface area contributed by atoms with Gasteiger partial charge in [0, 0.05) is 26.2 Å². The molecule has 2 saturated carbocycles. The third-order valence-electron chi connectivity index (χ3n) is 6.21. The van der Waals surface area contributed by atoms with Crippen molar-refractivity contribution in [1.29, 1.82) is 0 Å². The van der Waals surface area contributed by atoms with Gasteiger partial charge in [0.05, 0.1) is 29.6 Å². The van der Waals surface area contributed by atoms with Crippen LogP contribution in [0.15, 0.2) is 24.7 Å². The van der Waals surface area contributed by atoms with Crippen molar-refractivity contribution in [3.05, 3.63) is 36.2 Å². The number of hydrogen-bond donors (Lipinski definition) is 5. The van der Waals surface area contributed by atoms with Gasteiger partial charge in [-0.1, -0.05) is 0 Å². The van der Waals surface area contributed by atoms with E-state index in [1.807, 2.05) is 12.1 Å². The Balaban J connectivity index is 1.59. The lowest BCUT2D eigenvalue weighted by molar-refractivity contribution is -0.132. The number of hydrogen-bond acceptors (Lipinski definition) is 7. The van der Waals surface area contributed by atoms with Gasteiger partial charge in [-0.2, -0.15) is 0 Å². The first-order valence-corrected chi connectivity index (χ1v) is 9.67. The number of amides is 1. The molecule has 3 heterocycles. The molecule has 3 aromatic rings. The number of H-pyrrole nitrogens is 1. The lowest BCUT2D eigenvalue weighted by atomic mass is 9.98. The van der Waals surface area contributed by atoms with E-state index in [2.05, 4.69) is 42.4 Å². The Bertz CT molecular complexity index is 1190. The summed E-state index contributed by atoms with van der Waals surface area (Å²) in [6.07, 6.45) is 1.59. The monoisotopic (exact) mass is 407 g/mol. The zero-order chi connectivity index (χ0) is 21.0. The maximum absolute atomic E-state index is 12.4. The Morgan fingerprint density at radius 3 is 2.87 bits per heavy atom. The fraction of sp³-hybridized carbons (Fsp3) is 0.400. The van der Waals surface area contributed by atoms with Gasteiger partial charge in [0.2, 0.25) is 11.7 Å². The van der Waals surface area contributed by atoms with Crippen LogP contribution in [-0.2, 0) is 4.79 Å². The molecule has 2 aliphatic rings. The Morgan fingerprint density at radius 2 is 2.17 bits per heavy atom. The number of aliphatic hydroxyl groups is 2. The smallest absolute Gasteiger partial charge is 0.229 e. The van der Waals surface area contributed by atoms with Gasteiger partial charge in [0.15, 0.2) is 17.0 Å². The van der Waals surface area contributed by atoms with Crippen molar-refractivity contribution in [2.75, 3.05) is 19.4 Å². The van der Waals surface area contributed by atoms with E-state index in [1.165, 1.54) is 7.05 Å². The molecule has 30 heavy (non-hydrogen) atoms. The second-order valence-electron chi connectivity index (χ2n) is 7.66. The topological polar surface area (TPSA) is 141 Å². The second kappa shape index (κ2) is 6.55. The van der Waals surface area contributed by atoms with Crippen LogP contribution in [0.4, 0.5) is 5.82 Å². The fourth-order valence-corrected chi connectivity index (χ4v) is 4.68. The minimum atomic E-state index is -1.15. The van der Waals surface area contributed by atoms with Gasteiger partial charge >= 0.3 is 0 Å². The molecular formula is C20H21N7O3. The molecule has 2 fully saturated rings. The number of aromatic amines is 1. The van der Waals surface area contributed by atoms with Crippen LogP contribution >= 0.6 is 0 Å². The number of nitrogens with zero attached hydrogens (tertiary/aromatic N) is 4. The third kappa shape index (κ3) is 2.46. The molecule has 2 aliphatic carbocycles. The van der Waals surface area contributed by atoms with Gasteiger partial charge in [0.25, 0.3) is 0 Å². The highest BCUT2D eigenvalue weighted by atomic mass is 16.3. The van der Waals surface area contributed by atoms with Gasteiger partial charge in [-0.05, 0) is 30.4 Å². The third-order valence-corrected chi connectivity index (χ3v) is 6.21. The first-order chi connectivity index (χ1) is 14.5. The molecule has 0 saturated heterocycles. The predicted octanol–water partition coefficient (Wildman–Crippen LogP) is -0.375. The van der Waals surface area contributed by atoms with Crippen LogP contribution in [0.25, 0.3) is 11.2 Å². The average molecular weight is 407 g/mol. The van der Waals surface area contributed by atoms with E-state index in [4.69, 9.17) is 0 Å². The minimum absolute atomic E-state index is 0.207. The van der Waals surface area contributed by atoms with Crippen LogP contribution in [0, 0.1) is 23.2 Å². The van der Waals surface area contributed by atoms with Gasteiger partial charge in [-0.25, -0.2) is 15.0 Å². The van der Waals surface area contributed by atoms with E-state index in [9.17, 15) is 15.0 Å². The van der Waals surface area contributed by atoms with Gasteiger partial charge in [-0.15, -0.1) is 0 Å². The molecule has 0 aliphatic heterocycles. The molecule has 5 N–H and O–H groups in total. The number of fused-ring (bicyclic) bond motifs is 2. The lowest BCUT2D eigenvalue weighted by Gasteiger charge is -2.23. The van der Waals surface area contributed by atoms with Crippen LogP contribution in [0.3, 0.4) is 0 Å². The van der Waals surface area contributed by atoms with Crippen molar-refractivity contribution in [2.45, 2.75) is 24.7 Å². The number of carbonyl (C=O) groups excluding carboxylic acids is 1. The van der Waals surface area contributed by atoms with Crippen LogP contribution in [0.1, 0.15) is 24.0 Å². The highest BCUT2D eigenvalue weighted by Crippen LogP contribution is 2.67. The summed E-state index contributed by atoms with van der Waals surface area (Å²) in [5.74, 6) is 6.25. The molecule has 0 radical (unpaired) electrons. The summed E-state index contributed by atoms with van der Waals surface area (Å²) >= 11 is 0. The molecule has 5 atom stereocenters. The molecule has 2 unspecified atom stereocenters. The Labute approximate surface area is 171 Å². The number of nitrogens with one attached hydrogen (secondary N) is 3. The number of anilines is 1. The van der Waals surface area contributed by atoms with Crippen molar-refractivity contribution < 1.29 is 15.0 Å².